The van der Waals surface area contributed by atoms with Gasteiger partial charge in [-0.3, -0.25) is 0 Å². The fraction of sp³-hybridized carbons (Fsp3) is 0.286. The van der Waals surface area contributed by atoms with Crippen LogP contribution in [0, 0.1) is 11.8 Å². The quantitative estimate of drug-likeness (QED) is 0.410. The van der Waals surface area contributed by atoms with Crippen LogP contribution in [0.3, 0.4) is 0 Å². The van der Waals surface area contributed by atoms with E-state index in [1.165, 1.54) is 28.7 Å². The Labute approximate surface area is 174 Å². The van der Waals surface area contributed by atoms with Crippen LogP contribution in [0.4, 0.5) is 0 Å². The summed E-state index contributed by atoms with van der Waals surface area (Å²) in [5.41, 5.74) is 5.47. The van der Waals surface area contributed by atoms with Gasteiger partial charge in [-0.2, -0.15) is 0 Å². The lowest BCUT2D eigenvalue weighted by Gasteiger charge is -2.29. The van der Waals surface area contributed by atoms with Gasteiger partial charge in [-0.25, -0.2) is 0 Å². The number of fused-ring (bicyclic) bond motifs is 2. The Balaban J connectivity index is 1.39. The highest BCUT2D eigenvalue weighted by Crippen LogP contribution is 2.57. The number of rotatable bonds is 6. The molecule has 1 fully saturated rings. The molecule has 1 nitrogen and oxygen atoms in total. The normalized spacial score (nSPS) is 24.7. The summed E-state index contributed by atoms with van der Waals surface area (Å²) in [5, 5.41) is 0. The van der Waals surface area contributed by atoms with Gasteiger partial charge in [-0.15, -0.1) is 0 Å². The Morgan fingerprint density at radius 2 is 1.24 bits per heavy atom. The highest BCUT2D eigenvalue weighted by atomic mass is 16.5. The lowest BCUT2D eigenvalue weighted by Crippen LogP contribution is -2.16. The molecule has 0 amide bonds. The standard InChI is InChI=1S/C28H28O/c1-2-18-29-26-16-14-21(15-17-26)20-8-10-23(11-9-20)28-25-13-12-24(19-25)27(28)22-6-4-3-5-7-22/h3-17,24-25,27-28H,2,18-19H2,1H3/t24?,25?,27-,28+/m0/s1. The number of hydrogen-bond acceptors (Lipinski definition) is 1. The van der Waals surface area contributed by atoms with Crippen LogP contribution in [-0.4, -0.2) is 6.61 Å². The molecule has 4 atom stereocenters. The summed E-state index contributed by atoms with van der Waals surface area (Å²) in [5.74, 6) is 3.50. The molecule has 146 valence electrons. The third-order valence-corrected chi connectivity index (χ3v) is 6.60. The second kappa shape index (κ2) is 7.91. The highest BCUT2D eigenvalue weighted by Gasteiger charge is 2.45. The predicted octanol–water partition coefficient (Wildman–Crippen LogP) is 7.22. The van der Waals surface area contributed by atoms with Crippen LogP contribution < -0.4 is 4.74 Å². The van der Waals surface area contributed by atoms with E-state index in [0.717, 1.165) is 18.8 Å². The van der Waals surface area contributed by atoms with Crippen molar-refractivity contribution < 1.29 is 4.74 Å². The number of ether oxygens (including phenoxy) is 1. The second-order valence-electron chi connectivity index (χ2n) is 8.41. The molecule has 0 aliphatic heterocycles. The van der Waals surface area contributed by atoms with E-state index in [1.54, 1.807) is 0 Å². The second-order valence-corrected chi connectivity index (χ2v) is 8.41. The van der Waals surface area contributed by atoms with E-state index < -0.39 is 0 Å². The van der Waals surface area contributed by atoms with Gasteiger partial charge in [0.05, 0.1) is 6.61 Å². The highest BCUT2D eigenvalue weighted by molar-refractivity contribution is 5.64. The van der Waals surface area contributed by atoms with E-state index >= 15 is 0 Å². The smallest absolute Gasteiger partial charge is 0.119 e. The molecule has 0 radical (unpaired) electrons. The lowest BCUT2D eigenvalue weighted by molar-refractivity contribution is 0.317. The van der Waals surface area contributed by atoms with Crippen LogP contribution in [0.2, 0.25) is 0 Å². The van der Waals surface area contributed by atoms with Gasteiger partial charge in [0, 0.05) is 0 Å². The van der Waals surface area contributed by atoms with E-state index in [9.17, 15) is 0 Å². The minimum absolute atomic E-state index is 0.589. The van der Waals surface area contributed by atoms with Crippen molar-refractivity contribution in [3.63, 3.8) is 0 Å². The van der Waals surface area contributed by atoms with Gasteiger partial charge in [0.2, 0.25) is 0 Å². The summed E-state index contributed by atoms with van der Waals surface area (Å²) in [4.78, 5) is 0. The zero-order valence-electron chi connectivity index (χ0n) is 17.0. The van der Waals surface area contributed by atoms with Crippen molar-refractivity contribution in [2.24, 2.45) is 11.8 Å². The molecule has 2 aliphatic rings. The third kappa shape index (κ3) is 3.51. The maximum atomic E-state index is 5.71. The molecule has 2 bridgehead atoms. The Morgan fingerprint density at radius 3 is 1.83 bits per heavy atom. The Bertz CT molecular complexity index is 969. The average Bonchev–Trinajstić information content (AvgIpc) is 3.41. The van der Waals surface area contributed by atoms with Gasteiger partial charge in [-0.05, 0) is 70.9 Å². The van der Waals surface area contributed by atoms with Crippen LogP contribution in [0.15, 0.2) is 91.0 Å². The summed E-state index contributed by atoms with van der Waals surface area (Å²) in [6.07, 6.45) is 7.24. The first kappa shape index (κ1) is 18.2. The average molecular weight is 381 g/mol. The number of allylic oxidation sites excluding steroid dienone is 2. The van der Waals surface area contributed by atoms with Crippen molar-refractivity contribution in [3.8, 4) is 16.9 Å². The van der Waals surface area contributed by atoms with Gasteiger partial charge in [0.25, 0.3) is 0 Å². The van der Waals surface area contributed by atoms with Gasteiger partial charge < -0.3 is 4.74 Å². The first-order chi connectivity index (χ1) is 14.3. The Kier molecular flexibility index (Phi) is 4.97. The van der Waals surface area contributed by atoms with E-state index in [0.29, 0.717) is 23.7 Å². The molecule has 1 saturated carbocycles. The van der Waals surface area contributed by atoms with Crippen LogP contribution in [-0.2, 0) is 0 Å². The molecule has 3 aromatic carbocycles. The fourth-order valence-electron chi connectivity index (χ4n) is 5.27. The molecular formula is C28H28O. The van der Waals surface area contributed by atoms with Crippen LogP contribution in [0.1, 0.15) is 42.7 Å². The first-order valence-electron chi connectivity index (χ1n) is 10.9. The SMILES string of the molecule is CCCOc1ccc(-c2ccc([C@@H]3C4C=CC(C4)[C@@H]3c3ccccc3)cc2)cc1. The van der Waals surface area contributed by atoms with Crippen molar-refractivity contribution in [2.45, 2.75) is 31.6 Å². The predicted molar refractivity (Wildman–Crippen MR) is 120 cm³/mol. The topological polar surface area (TPSA) is 9.23 Å². The molecule has 0 saturated heterocycles. The maximum absolute atomic E-state index is 5.71. The van der Waals surface area contributed by atoms with Gasteiger partial charge >= 0.3 is 0 Å². The summed E-state index contributed by atoms with van der Waals surface area (Å²) >= 11 is 0. The molecule has 0 spiro atoms. The number of benzene rings is 3. The Morgan fingerprint density at radius 1 is 0.690 bits per heavy atom. The van der Waals surface area contributed by atoms with E-state index in [4.69, 9.17) is 4.74 Å². The van der Waals surface area contributed by atoms with Crippen molar-refractivity contribution in [2.75, 3.05) is 6.61 Å². The van der Waals surface area contributed by atoms with Crippen molar-refractivity contribution in [1.29, 1.82) is 0 Å². The zero-order chi connectivity index (χ0) is 19.6. The monoisotopic (exact) mass is 380 g/mol. The lowest BCUT2D eigenvalue weighted by atomic mass is 9.75. The summed E-state index contributed by atoms with van der Waals surface area (Å²) < 4.78 is 5.71. The molecule has 0 N–H and O–H groups in total. The van der Waals surface area contributed by atoms with Crippen molar-refractivity contribution >= 4 is 0 Å². The molecule has 0 heterocycles. The minimum Gasteiger partial charge on any atom is -0.494 e. The summed E-state index contributed by atoms with van der Waals surface area (Å²) in [6, 6.07) is 28.8. The molecule has 0 aromatic heterocycles. The summed E-state index contributed by atoms with van der Waals surface area (Å²) in [7, 11) is 0. The van der Waals surface area contributed by atoms with Gasteiger partial charge in [0.1, 0.15) is 5.75 Å². The molecule has 1 heteroatoms. The van der Waals surface area contributed by atoms with Gasteiger partial charge in [0.15, 0.2) is 0 Å². The first-order valence-corrected chi connectivity index (χ1v) is 10.9. The van der Waals surface area contributed by atoms with Gasteiger partial charge in [-0.1, -0.05) is 85.8 Å². The maximum Gasteiger partial charge on any atom is 0.119 e. The molecule has 2 aliphatic carbocycles. The van der Waals surface area contributed by atoms with E-state index in [1.807, 2.05) is 0 Å². The molecule has 5 rings (SSSR count). The number of hydrogen-bond donors (Lipinski definition) is 0. The van der Waals surface area contributed by atoms with Crippen LogP contribution in [0.25, 0.3) is 11.1 Å². The van der Waals surface area contributed by atoms with Crippen molar-refractivity contribution in [3.05, 3.63) is 102 Å². The Hall–Kier alpha value is -2.80. The van der Waals surface area contributed by atoms with E-state index in [2.05, 4.69) is 97.9 Å². The van der Waals surface area contributed by atoms with Crippen molar-refractivity contribution in [1.82, 2.24) is 0 Å². The van der Waals surface area contributed by atoms with E-state index in [-0.39, 0.29) is 0 Å². The summed E-state index contributed by atoms with van der Waals surface area (Å²) in [6.45, 7) is 2.90. The fourth-order valence-corrected chi connectivity index (χ4v) is 5.27. The molecule has 2 unspecified atom stereocenters. The minimum atomic E-state index is 0.589. The zero-order valence-corrected chi connectivity index (χ0v) is 17.0. The molecule has 3 aromatic rings. The van der Waals surface area contributed by atoms with Crippen LogP contribution >= 0.6 is 0 Å². The third-order valence-electron chi connectivity index (χ3n) is 6.60. The molecular weight excluding hydrogens is 352 g/mol. The molecule has 29 heavy (non-hydrogen) atoms. The largest absolute Gasteiger partial charge is 0.494 e. The van der Waals surface area contributed by atoms with Crippen LogP contribution in [0.5, 0.6) is 5.75 Å².